The molecule has 7 heteroatoms. The highest BCUT2D eigenvalue weighted by Gasteiger charge is 2.39. The van der Waals surface area contributed by atoms with Crippen LogP contribution in [0, 0.1) is 5.92 Å². The number of hydrogen-bond donors (Lipinski definition) is 1. The average Bonchev–Trinajstić information content (AvgIpc) is 3.33. The summed E-state index contributed by atoms with van der Waals surface area (Å²) in [5.41, 5.74) is 3.06. The van der Waals surface area contributed by atoms with Gasteiger partial charge in [0.15, 0.2) is 11.5 Å². The molecule has 1 aliphatic carbocycles. The summed E-state index contributed by atoms with van der Waals surface area (Å²) >= 11 is 0. The van der Waals surface area contributed by atoms with E-state index >= 15 is 0 Å². The van der Waals surface area contributed by atoms with Gasteiger partial charge in [-0.25, -0.2) is 8.42 Å². The largest absolute Gasteiger partial charge is 0.493 e. The summed E-state index contributed by atoms with van der Waals surface area (Å²) < 4.78 is 38.8. The molecule has 3 atom stereocenters. The van der Waals surface area contributed by atoms with E-state index in [2.05, 4.69) is 36.7 Å². The molecule has 0 fully saturated rings. The van der Waals surface area contributed by atoms with Gasteiger partial charge in [0, 0.05) is 24.7 Å². The molecule has 1 N–H and O–H groups in total. The van der Waals surface area contributed by atoms with E-state index in [0.717, 1.165) is 23.2 Å². The standard InChI is InChI=1S/C26H30N2O4S/c1-5-14-28(15-6-2)33(29,30)19-11-12-23-22(17-19)20-8-7-9-21(20)26(27-23)18-10-13-24(31-3)25(16-18)32-4/h5-8,10-13,16-17,20-21,26-27H,1-2,9,14-15H2,3-4H3. The van der Waals surface area contributed by atoms with Gasteiger partial charge in [-0.1, -0.05) is 30.4 Å². The normalized spacial score (nSPS) is 21.1. The van der Waals surface area contributed by atoms with Crippen LogP contribution in [0.15, 0.2) is 78.8 Å². The van der Waals surface area contributed by atoms with Crippen molar-refractivity contribution in [2.24, 2.45) is 5.92 Å². The van der Waals surface area contributed by atoms with Gasteiger partial charge in [-0.05, 0) is 53.8 Å². The van der Waals surface area contributed by atoms with Crippen molar-refractivity contribution in [1.82, 2.24) is 4.31 Å². The number of sulfonamides is 1. The maximum atomic E-state index is 13.3. The number of methoxy groups -OCH3 is 2. The molecule has 2 aliphatic rings. The van der Waals surface area contributed by atoms with E-state index in [0.29, 0.717) is 11.5 Å². The van der Waals surface area contributed by atoms with Gasteiger partial charge >= 0.3 is 0 Å². The molecule has 2 aromatic carbocycles. The highest BCUT2D eigenvalue weighted by Crippen LogP contribution is 2.51. The molecule has 6 nitrogen and oxygen atoms in total. The molecule has 0 aromatic heterocycles. The number of benzene rings is 2. The Labute approximate surface area is 196 Å². The lowest BCUT2D eigenvalue weighted by Crippen LogP contribution is -2.32. The molecule has 174 valence electrons. The molecule has 0 bridgehead atoms. The van der Waals surface area contributed by atoms with Crippen molar-refractivity contribution in [3.63, 3.8) is 0 Å². The fraction of sp³-hybridized carbons (Fsp3) is 0.308. The third kappa shape index (κ3) is 4.18. The number of hydrogen-bond acceptors (Lipinski definition) is 5. The third-order valence-electron chi connectivity index (χ3n) is 6.40. The predicted molar refractivity (Wildman–Crippen MR) is 131 cm³/mol. The second-order valence-electron chi connectivity index (χ2n) is 8.24. The molecule has 1 aliphatic heterocycles. The van der Waals surface area contributed by atoms with Gasteiger partial charge in [-0.2, -0.15) is 4.31 Å². The number of ether oxygens (including phenoxy) is 2. The monoisotopic (exact) mass is 466 g/mol. The van der Waals surface area contributed by atoms with Crippen LogP contribution in [0.25, 0.3) is 0 Å². The van der Waals surface area contributed by atoms with Crippen molar-refractivity contribution >= 4 is 15.7 Å². The minimum atomic E-state index is -3.66. The number of nitrogens with one attached hydrogen (secondary N) is 1. The van der Waals surface area contributed by atoms with Crippen LogP contribution in [-0.2, 0) is 10.0 Å². The number of allylic oxidation sites excluding steroid dienone is 2. The second kappa shape index (κ2) is 9.45. The minimum absolute atomic E-state index is 0.0674. The van der Waals surface area contributed by atoms with Gasteiger partial charge < -0.3 is 14.8 Å². The zero-order valence-corrected chi connectivity index (χ0v) is 19.8. The predicted octanol–water partition coefficient (Wildman–Crippen LogP) is 4.89. The molecule has 1 heterocycles. The Kier molecular flexibility index (Phi) is 6.63. The van der Waals surface area contributed by atoms with E-state index < -0.39 is 10.0 Å². The third-order valence-corrected chi connectivity index (χ3v) is 8.23. The Morgan fingerprint density at radius 3 is 2.45 bits per heavy atom. The summed E-state index contributed by atoms with van der Waals surface area (Å²) in [5.74, 6) is 1.78. The van der Waals surface area contributed by atoms with Crippen molar-refractivity contribution in [3.05, 3.63) is 85.0 Å². The van der Waals surface area contributed by atoms with Crippen molar-refractivity contribution in [2.45, 2.75) is 23.3 Å². The summed E-state index contributed by atoms with van der Waals surface area (Å²) in [5, 5.41) is 3.65. The molecule has 0 amide bonds. The molecular weight excluding hydrogens is 436 g/mol. The van der Waals surface area contributed by atoms with E-state index in [1.807, 2.05) is 24.3 Å². The number of anilines is 1. The summed E-state index contributed by atoms with van der Waals surface area (Å²) in [6, 6.07) is 11.4. The van der Waals surface area contributed by atoms with E-state index in [1.54, 1.807) is 32.4 Å². The molecule has 3 unspecified atom stereocenters. The fourth-order valence-corrected chi connectivity index (χ4v) is 6.23. The summed E-state index contributed by atoms with van der Waals surface area (Å²) in [4.78, 5) is 0.287. The van der Waals surface area contributed by atoms with Crippen LogP contribution in [0.1, 0.15) is 29.5 Å². The van der Waals surface area contributed by atoms with Crippen molar-refractivity contribution in [2.75, 3.05) is 32.6 Å². The van der Waals surface area contributed by atoms with Crippen LogP contribution in [-0.4, -0.2) is 40.0 Å². The molecule has 0 saturated heterocycles. The van der Waals surface area contributed by atoms with Crippen LogP contribution in [0.3, 0.4) is 0 Å². The number of nitrogens with zero attached hydrogens (tertiary/aromatic N) is 1. The Morgan fingerprint density at radius 2 is 1.79 bits per heavy atom. The van der Waals surface area contributed by atoms with E-state index in [1.165, 1.54) is 4.31 Å². The molecule has 33 heavy (non-hydrogen) atoms. The minimum Gasteiger partial charge on any atom is -0.493 e. The summed E-state index contributed by atoms with van der Waals surface area (Å²) in [6.07, 6.45) is 8.46. The molecular formula is C26H30N2O4S. The van der Waals surface area contributed by atoms with Gasteiger partial charge in [0.05, 0.1) is 25.2 Å². The Balaban J connectivity index is 1.72. The maximum Gasteiger partial charge on any atom is 0.243 e. The first-order chi connectivity index (χ1) is 15.9. The Morgan fingerprint density at radius 1 is 1.06 bits per heavy atom. The summed E-state index contributed by atoms with van der Waals surface area (Å²) in [7, 11) is -0.402. The lowest BCUT2D eigenvalue weighted by atomic mass is 9.77. The fourth-order valence-electron chi connectivity index (χ4n) is 4.82. The second-order valence-corrected chi connectivity index (χ2v) is 10.2. The van der Waals surface area contributed by atoms with Crippen LogP contribution in [0.2, 0.25) is 0 Å². The quantitative estimate of drug-likeness (QED) is 0.533. The van der Waals surface area contributed by atoms with E-state index in [-0.39, 0.29) is 35.9 Å². The first-order valence-electron chi connectivity index (χ1n) is 11.0. The average molecular weight is 467 g/mol. The molecule has 4 rings (SSSR count). The number of fused-ring (bicyclic) bond motifs is 3. The van der Waals surface area contributed by atoms with Crippen LogP contribution < -0.4 is 14.8 Å². The zero-order chi connectivity index (χ0) is 23.6. The maximum absolute atomic E-state index is 13.3. The first-order valence-corrected chi connectivity index (χ1v) is 12.4. The van der Waals surface area contributed by atoms with Gasteiger partial charge in [0.2, 0.25) is 10.0 Å². The van der Waals surface area contributed by atoms with Crippen molar-refractivity contribution in [3.8, 4) is 11.5 Å². The van der Waals surface area contributed by atoms with E-state index in [9.17, 15) is 8.42 Å². The van der Waals surface area contributed by atoms with Crippen LogP contribution in [0.5, 0.6) is 11.5 Å². The van der Waals surface area contributed by atoms with Gasteiger partial charge in [-0.3, -0.25) is 0 Å². The Bertz CT molecular complexity index is 1180. The lowest BCUT2D eigenvalue weighted by Gasteiger charge is -2.38. The lowest BCUT2D eigenvalue weighted by molar-refractivity contribution is 0.353. The smallest absolute Gasteiger partial charge is 0.243 e. The van der Waals surface area contributed by atoms with Crippen molar-refractivity contribution < 1.29 is 17.9 Å². The van der Waals surface area contributed by atoms with E-state index in [4.69, 9.17) is 9.47 Å². The Hall–Kier alpha value is -3.03. The van der Waals surface area contributed by atoms with Crippen molar-refractivity contribution in [1.29, 1.82) is 0 Å². The van der Waals surface area contributed by atoms with Crippen LogP contribution in [0.4, 0.5) is 5.69 Å². The van der Waals surface area contributed by atoms with Gasteiger partial charge in [-0.15, -0.1) is 13.2 Å². The van der Waals surface area contributed by atoms with Crippen LogP contribution >= 0.6 is 0 Å². The SMILES string of the molecule is C=CCN(CC=C)S(=O)(=O)c1ccc2c(c1)C1C=CCC1C(c1ccc(OC)c(OC)c1)N2. The number of rotatable bonds is 9. The molecule has 0 spiro atoms. The highest BCUT2D eigenvalue weighted by molar-refractivity contribution is 7.89. The molecule has 0 radical (unpaired) electrons. The zero-order valence-electron chi connectivity index (χ0n) is 19.0. The first kappa shape index (κ1) is 23.1. The highest BCUT2D eigenvalue weighted by atomic mass is 32.2. The topological polar surface area (TPSA) is 67.9 Å². The molecule has 2 aromatic rings. The van der Waals surface area contributed by atoms with Gasteiger partial charge in [0.25, 0.3) is 0 Å². The summed E-state index contributed by atoms with van der Waals surface area (Å²) in [6.45, 7) is 7.84. The molecule has 0 saturated carbocycles. The van der Waals surface area contributed by atoms with Gasteiger partial charge in [0.1, 0.15) is 0 Å².